The van der Waals surface area contributed by atoms with Gasteiger partial charge in [0.15, 0.2) is 0 Å². The molecule has 2 saturated carbocycles. The van der Waals surface area contributed by atoms with Gasteiger partial charge in [-0.15, -0.1) is 0 Å². The van der Waals surface area contributed by atoms with Gasteiger partial charge in [-0.05, 0) is 59.9 Å². The number of aromatic nitrogens is 1. The van der Waals surface area contributed by atoms with Crippen molar-refractivity contribution in [1.82, 2.24) is 4.98 Å². The maximum atomic E-state index is 10.9. The first kappa shape index (κ1) is 13.8. The van der Waals surface area contributed by atoms with Gasteiger partial charge >= 0.3 is 0 Å². The minimum absolute atomic E-state index is 0.0577. The van der Waals surface area contributed by atoms with Gasteiger partial charge in [0.1, 0.15) is 12.0 Å². The smallest absolute Gasteiger partial charge is 0.291 e. The third-order valence-electron chi connectivity index (χ3n) is 4.85. The van der Waals surface area contributed by atoms with E-state index in [4.69, 9.17) is 0 Å². The molecule has 0 radical (unpaired) electrons. The molecule has 1 N–H and O–H groups in total. The molecule has 1 heterocycles. The fourth-order valence-corrected chi connectivity index (χ4v) is 4.18. The van der Waals surface area contributed by atoms with Gasteiger partial charge < -0.3 is 5.32 Å². The topological polar surface area (TPSA) is 68.1 Å². The highest BCUT2D eigenvalue weighted by Crippen LogP contribution is 2.48. The van der Waals surface area contributed by atoms with Crippen molar-refractivity contribution in [3.05, 3.63) is 26.3 Å². The molecular weight excluding hydrogens is 322 g/mol. The summed E-state index contributed by atoms with van der Waals surface area (Å²) in [5.41, 5.74) is 0.683. The summed E-state index contributed by atoms with van der Waals surface area (Å²) in [5, 5.41) is 14.2. The monoisotopic (exact) mass is 339 g/mol. The molecule has 2 aliphatic carbocycles. The van der Waals surface area contributed by atoms with Crippen LogP contribution in [0.5, 0.6) is 0 Å². The molecule has 0 aromatic carbocycles. The summed E-state index contributed by atoms with van der Waals surface area (Å²) in [6, 6.07) is 0. The lowest BCUT2D eigenvalue weighted by Gasteiger charge is -2.22. The summed E-state index contributed by atoms with van der Waals surface area (Å²) in [5.74, 6) is 3.25. The molecule has 5 nitrogen and oxygen atoms in total. The van der Waals surface area contributed by atoms with Crippen LogP contribution in [0.2, 0.25) is 0 Å². The molecule has 2 aliphatic rings. The number of pyridine rings is 1. The molecule has 0 saturated heterocycles. The lowest BCUT2D eigenvalue weighted by molar-refractivity contribution is -0.385. The molecule has 1 aromatic heterocycles. The molecule has 0 spiro atoms. The third-order valence-corrected chi connectivity index (χ3v) is 5.82. The molecule has 3 rings (SSSR count). The van der Waals surface area contributed by atoms with E-state index >= 15 is 0 Å². The van der Waals surface area contributed by atoms with Crippen molar-refractivity contribution in [2.75, 3.05) is 11.9 Å². The molecule has 3 unspecified atom stereocenters. The Morgan fingerprint density at radius 3 is 2.90 bits per heavy atom. The van der Waals surface area contributed by atoms with Crippen LogP contribution in [0.3, 0.4) is 0 Å². The van der Waals surface area contributed by atoms with E-state index in [0.29, 0.717) is 10.0 Å². The number of anilines is 1. The van der Waals surface area contributed by atoms with Crippen molar-refractivity contribution in [3.8, 4) is 0 Å². The number of rotatable bonds is 4. The summed E-state index contributed by atoms with van der Waals surface area (Å²) >= 11 is 3.42. The minimum atomic E-state index is -0.396. The lowest BCUT2D eigenvalue weighted by atomic mass is 9.89. The summed E-state index contributed by atoms with van der Waals surface area (Å²) in [6.45, 7) is 2.66. The van der Waals surface area contributed by atoms with Crippen molar-refractivity contribution in [3.63, 3.8) is 0 Å². The highest BCUT2D eigenvalue weighted by atomic mass is 79.9. The summed E-state index contributed by atoms with van der Waals surface area (Å²) < 4.78 is 0.704. The average Bonchev–Trinajstić information content (AvgIpc) is 3.02. The van der Waals surface area contributed by atoms with Crippen LogP contribution in [-0.2, 0) is 0 Å². The van der Waals surface area contributed by atoms with Gasteiger partial charge in [0.2, 0.25) is 0 Å². The van der Waals surface area contributed by atoms with Crippen molar-refractivity contribution in [2.45, 2.75) is 32.6 Å². The first-order valence-corrected chi connectivity index (χ1v) is 7.89. The number of nitro groups is 1. The summed E-state index contributed by atoms with van der Waals surface area (Å²) in [4.78, 5) is 14.7. The van der Waals surface area contributed by atoms with E-state index in [2.05, 4.69) is 26.2 Å². The van der Waals surface area contributed by atoms with Crippen LogP contribution in [0.15, 0.2) is 10.7 Å². The van der Waals surface area contributed by atoms with Gasteiger partial charge in [0.25, 0.3) is 5.69 Å². The lowest BCUT2D eigenvalue weighted by Crippen LogP contribution is -2.20. The van der Waals surface area contributed by atoms with Crippen molar-refractivity contribution < 1.29 is 4.92 Å². The predicted molar refractivity (Wildman–Crippen MR) is 80.8 cm³/mol. The fourth-order valence-electron chi connectivity index (χ4n) is 3.73. The Morgan fingerprint density at radius 1 is 1.50 bits per heavy atom. The van der Waals surface area contributed by atoms with Crippen molar-refractivity contribution >= 4 is 27.4 Å². The Hall–Kier alpha value is -1.17. The standard InChI is InChI=1S/C14H18BrN3O2/c1-8-12(18(19)20)7-17-14(13(8)15)16-6-11-5-9-2-3-10(11)4-9/h7,9-11H,2-6H2,1H3,(H,16,17). The SMILES string of the molecule is Cc1c([N+](=O)[O-])cnc(NCC2CC3CCC2C3)c1Br. The van der Waals surface area contributed by atoms with Crippen LogP contribution in [0, 0.1) is 34.8 Å². The molecule has 3 atom stereocenters. The maximum absolute atomic E-state index is 10.9. The Labute approximate surface area is 126 Å². The molecule has 0 amide bonds. The van der Waals surface area contributed by atoms with E-state index in [-0.39, 0.29) is 5.69 Å². The van der Waals surface area contributed by atoms with Gasteiger partial charge in [-0.1, -0.05) is 6.42 Å². The highest BCUT2D eigenvalue weighted by molar-refractivity contribution is 9.10. The predicted octanol–water partition coefficient (Wildman–Crippen LogP) is 3.91. The van der Waals surface area contributed by atoms with Crippen LogP contribution in [0.25, 0.3) is 0 Å². The average molecular weight is 340 g/mol. The number of halogens is 1. The van der Waals surface area contributed by atoms with Crippen LogP contribution in [0.1, 0.15) is 31.2 Å². The Morgan fingerprint density at radius 2 is 2.30 bits per heavy atom. The Balaban J connectivity index is 1.69. The Bertz CT molecular complexity index is 549. The first-order chi connectivity index (χ1) is 9.56. The van der Waals surface area contributed by atoms with Crippen molar-refractivity contribution in [2.24, 2.45) is 17.8 Å². The fraction of sp³-hybridized carbons (Fsp3) is 0.643. The second-order valence-electron chi connectivity index (χ2n) is 6.00. The first-order valence-electron chi connectivity index (χ1n) is 7.09. The zero-order chi connectivity index (χ0) is 14.3. The summed E-state index contributed by atoms with van der Waals surface area (Å²) in [7, 11) is 0. The summed E-state index contributed by atoms with van der Waals surface area (Å²) in [6.07, 6.45) is 6.81. The molecule has 20 heavy (non-hydrogen) atoms. The van der Waals surface area contributed by atoms with Gasteiger partial charge in [-0.25, -0.2) is 4.98 Å². The number of fused-ring (bicyclic) bond motifs is 2. The van der Waals surface area contributed by atoms with Gasteiger partial charge in [-0.3, -0.25) is 10.1 Å². The quantitative estimate of drug-likeness (QED) is 0.667. The van der Waals surface area contributed by atoms with Crippen molar-refractivity contribution in [1.29, 1.82) is 0 Å². The second kappa shape index (κ2) is 5.31. The van der Waals surface area contributed by atoms with Gasteiger partial charge in [-0.2, -0.15) is 0 Å². The van der Waals surface area contributed by atoms with Crippen LogP contribution >= 0.6 is 15.9 Å². The second-order valence-corrected chi connectivity index (χ2v) is 6.80. The number of hydrogen-bond acceptors (Lipinski definition) is 4. The molecule has 2 fully saturated rings. The number of nitrogens with zero attached hydrogens (tertiary/aromatic N) is 2. The minimum Gasteiger partial charge on any atom is -0.369 e. The molecule has 1 aromatic rings. The van der Waals surface area contributed by atoms with Crippen LogP contribution in [-0.4, -0.2) is 16.5 Å². The highest BCUT2D eigenvalue weighted by Gasteiger charge is 2.39. The normalized spacial score (nSPS) is 27.8. The zero-order valence-electron chi connectivity index (χ0n) is 11.4. The molecular formula is C14H18BrN3O2. The number of hydrogen-bond donors (Lipinski definition) is 1. The zero-order valence-corrected chi connectivity index (χ0v) is 13.0. The number of nitrogens with one attached hydrogen (secondary N) is 1. The maximum Gasteiger partial charge on any atom is 0.291 e. The van der Waals surface area contributed by atoms with E-state index in [1.165, 1.54) is 31.9 Å². The molecule has 2 bridgehead atoms. The molecule has 0 aliphatic heterocycles. The Kier molecular flexibility index (Phi) is 3.67. The van der Waals surface area contributed by atoms with E-state index < -0.39 is 4.92 Å². The third kappa shape index (κ3) is 2.41. The molecule has 108 valence electrons. The largest absolute Gasteiger partial charge is 0.369 e. The van der Waals surface area contributed by atoms with Gasteiger partial charge in [0, 0.05) is 12.1 Å². The molecule has 6 heteroatoms. The van der Waals surface area contributed by atoms with Crippen LogP contribution < -0.4 is 5.32 Å². The van der Waals surface area contributed by atoms with Gasteiger partial charge in [0.05, 0.1) is 9.40 Å². The van der Waals surface area contributed by atoms with Crippen LogP contribution in [0.4, 0.5) is 11.5 Å². The van der Waals surface area contributed by atoms with E-state index in [9.17, 15) is 10.1 Å². The van der Waals surface area contributed by atoms with E-state index in [0.717, 1.165) is 30.1 Å². The van der Waals surface area contributed by atoms with E-state index in [1.807, 2.05) is 0 Å². The van der Waals surface area contributed by atoms with E-state index in [1.54, 1.807) is 6.92 Å².